The Hall–Kier alpha value is -1.22. The summed E-state index contributed by atoms with van der Waals surface area (Å²) in [5.74, 6) is 2.27. The van der Waals surface area contributed by atoms with Crippen molar-refractivity contribution >= 4 is 0 Å². The van der Waals surface area contributed by atoms with Crippen LogP contribution < -0.4 is 9.47 Å². The molecule has 20 heavy (non-hydrogen) atoms. The van der Waals surface area contributed by atoms with E-state index in [2.05, 4.69) is 13.0 Å². The first-order valence-electron chi connectivity index (χ1n) is 7.57. The molecule has 0 amide bonds. The van der Waals surface area contributed by atoms with Crippen LogP contribution in [0.4, 0.5) is 0 Å². The van der Waals surface area contributed by atoms with Crippen molar-refractivity contribution in [2.45, 2.75) is 45.1 Å². The van der Waals surface area contributed by atoms with Crippen LogP contribution in [0.15, 0.2) is 18.2 Å². The summed E-state index contributed by atoms with van der Waals surface area (Å²) in [5.41, 5.74) is 1.23. The van der Waals surface area contributed by atoms with Crippen LogP contribution in [0.2, 0.25) is 0 Å². The zero-order chi connectivity index (χ0) is 14.4. The third kappa shape index (κ3) is 3.89. The van der Waals surface area contributed by atoms with Gasteiger partial charge in [0.05, 0.1) is 26.9 Å². The number of benzene rings is 1. The standard InChI is InChI=1S/C17H26O3/c1-13-6-4-5-7-15(13)20-11-10-14-8-9-16(18-2)17(12-14)19-3/h8-9,12-13,15H,4-7,10-11H2,1-3H3/t13-,15?/m0/s1. The van der Waals surface area contributed by atoms with Crippen LogP contribution in [0, 0.1) is 5.92 Å². The molecule has 2 rings (SSSR count). The molecule has 3 heteroatoms. The van der Waals surface area contributed by atoms with Crippen molar-refractivity contribution in [2.24, 2.45) is 5.92 Å². The summed E-state index contributed by atoms with van der Waals surface area (Å²) in [6.45, 7) is 3.09. The molecule has 0 heterocycles. The van der Waals surface area contributed by atoms with Gasteiger partial charge in [-0.2, -0.15) is 0 Å². The second-order valence-electron chi connectivity index (χ2n) is 5.61. The lowest BCUT2D eigenvalue weighted by Crippen LogP contribution is -2.26. The average Bonchev–Trinajstić information content (AvgIpc) is 2.49. The SMILES string of the molecule is COc1ccc(CCOC2CCCC[C@@H]2C)cc1OC. The number of hydrogen-bond acceptors (Lipinski definition) is 3. The van der Waals surface area contributed by atoms with Gasteiger partial charge in [0, 0.05) is 0 Å². The third-order valence-corrected chi connectivity index (χ3v) is 4.20. The Morgan fingerprint density at radius 2 is 1.80 bits per heavy atom. The van der Waals surface area contributed by atoms with E-state index in [0.717, 1.165) is 24.5 Å². The molecule has 1 fully saturated rings. The van der Waals surface area contributed by atoms with E-state index in [9.17, 15) is 0 Å². The zero-order valence-electron chi connectivity index (χ0n) is 12.9. The van der Waals surface area contributed by atoms with Crippen molar-refractivity contribution in [2.75, 3.05) is 20.8 Å². The van der Waals surface area contributed by atoms with Crippen molar-refractivity contribution < 1.29 is 14.2 Å². The molecule has 1 unspecified atom stereocenters. The van der Waals surface area contributed by atoms with Crippen molar-refractivity contribution in [3.8, 4) is 11.5 Å². The summed E-state index contributed by atoms with van der Waals surface area (Å²) in [7, 11) is 3.33. The van der Waals surface area contributed by atoms with E-state index in [1.807, 2.05) is 12.1 Å². The molecule has 3 nitrogen and oxygen atoms in total. The molecule has 1 aliphatic carbocycles. The number of ether oxygens (including phenoxy) is 3. The summed E-state index contributed by atoms with van der Waals surface area (Å²) >= 11 is 0. The molecule has 0 radical (unpaired) electrons. The first-order valence-corrected chi connectivity index (χ1v) is 7.57. The Bertz CT molecular complexity index is 417. The first kappa shape index (κ1) is 15.2. The highest BCUT2D eigenvalue weighted by molar-refractivity contribution is 5.42. The lowest BCUT2D eigenvalue weighted by atomic mass is 9.88. The Balaban J connectivity index is 1.84. The van der Waals surface area contributed by atoms with Crippen LogP contribution in [0.25, 0.3) is 0 Å². The normalized spacial score (nSPS) is 22.6. The second-order valence-corrected chi connectivity index (χ2v) is 5.61. The summed E-state index contributed by atoms with van der Waals surface area (Å²) in [6.07, 6.45) is 6.56. The summed E-state index contributed by atoms with van der Waals surface area (Å²) in [6, 6.07) is 6.07. The molecular weight excluding hydrogens is 252 g/mol. The molecule has 2 atom stereocenters. The highest BCUT2D eigenvalue weighted by atomic mass is 16.5. The topological polar surface area (TPSA) is 27.7 Å². The van der Waals surface area contributed by atoms with Gasteiger partial charge >= 0.3 is 0 Å². The molecule has 0 N–H and O–H groups in total. The monoisotopic (exact) mass is 278 g/mol. The van der Waals surface area contributed by atoms with Crippen molar-refractivity contribution in [1.29, 1.82) is 0 Å². The lowest BCUT2D eigenvalue weighted by molar-refractivity contribution is -0.00334. The molecule has 0 bridgehead atoms. The Kier molecular flexibility index (Phi) is 5.72. The Morgan fingerprint density at radius 1 is 1.05 bits per heavy atom. The number of methoxy groups -OCH3 is 2. The number of hydrogen-bond donors (Lipinski definition) is 0. The Labute approximate surface area is 122 Å². The molecule has 0 saturated heterocycles. The van der Waals surface area contributed by atoms with E-state index in [1.54, 1.807) is 14.2 Å². The van der Waals surface area contributed by atoms with Gasteiger partial charge in [0.1, 0.15) is 0 Å². The van der Waals surface area contributed by atoms with Crippen LogP contribution >= 0.6 is 0 Å². The van der Waals surface area contributed by atoms with E-state index in [1.165, 1.54) is 31.2 Å². The molecule has 0 aliphatic heterocycles. The maximum absolute atomic E-state index is 6.06. The largest absolute Gasteiger partial charge is 0.493 e. The summed E-state index contributed by atoms with van der Waals surface area (Å²) in [4.78, 5) is 0. The van der Waals surface area contributed by atoms with Crippen molar-refractivity contribution in [1.82, 2.24) is 0 Å². The summed E-state index contributed by atoms with van der Waals surface area (Å²) < 4.78 is 16.6. The minimum atomic E-state index is 0.448. The molecule has 1 aromatic rings. The van der Waals surface area contributed by atoms with Gasteiger partial charge in [-0.05, 0) is 42.9 Å². The van der Waals surface area contributed by atoms with Crippen LogP contribution in [0.1, 0.15) is 38.2 Å². The predicted molar refractivity (Wildman–Crippen MR) is 80.6 cm³/mol. The van der Waals surface area contributed by atoms with Crippen LogP contribution in [0.5, 0.6) is 11.5 Å². The van der Waals surface area contributed by atoms with Gasteiger partial charge in [-0.15, -0.1) is 0 Å². The molecule has 1 saturated carbocycles. The van der Waals surface area contributed by atoms with Crippen LogP contribution in [0.3, 0.4) is 0 Å². The van der Waals surface area contributed by atoms with E-state index >= 15 is 0 Å². The lowest BCUT2D eigenvalue weighted by Gasteiger charge is -2.28. The fourth-order valence-electron chi connectivity index (χ4n) is 2.89. The third-order valence-electron chi connectivity index (χ3n) is 4.20. The molecule has 112 valence electrons. The fourth-order valence-corrected chi connectivity index (χ4v) is 2.89. The van der Waals surface area contributed by atoms with E-state index in [4.69, 9.17) is 14.2 Å². The molecule has 1 aliphatic rings. The van der Waals surface area contributed by atoms with Gasteiger partial charge in [-0.1, -0.05) is 25.8 Å². The Morgan fingerprint density at radius 3 is 2.50 bits per heavy atom. The van der Waals surface area contributed by atoms with Gasteiger partial charge in [0.2, 0.25) is 0 Å². The maximum Gasteiger partial charge on any atom is 0.160 e. The molecule has 0 aromatic heterocycles. The second kappa shape index (κ2) is 7.53. The first-order chi connectivity index (χ1) is 9.74. The minimum Gasteiger partial charge on any atom is -0.493 e. The van der Waals surface area contributed by atoms with Gasteiger partial charge in [0.25, 0.3) is 0 Å². The zero-order valence-corrected chi connectivity index (χ0v) is 12.9. The van der Waals surface area contributed by atoms with Crippen molar-refractivity contribution in [3.63, 3.8) is 0 Å². The highest BCUT2D eigenvalue weighted by Gasteiger charge is 2.21. The van der Waals surface area contributed by atoms with Gasteiger partial charge in [-0.25, -0.2) is 0 Å². The van der Waals surface area contributed by atoms with Gasteiger partial charge in [-0.3, -0.25) is 0 Å². The van der Waals surface area contributed by atoms with Crippen LogP contribution in [-0.2, 0) is 11.2 Å². The smallest absolute Gasteiger partial charge is 0.160 e. The molecular formula is C17H26O3. The summed E-state index contributed by atoms with van der Waals surface area (Å²) in [5, 5.41) is 0. The van der Waals surface area contributed by atoms with Gasteiger partial charge in [0.15, 0.2) is 11.5 Å². The fraction of sp³-hybridized carbons (Fsp3) is 0.647. The van der Waals surface area contributed by atoms with Gasteiger partial charge < -0.3 is 14.2 Å². The van der Waals surface area contributed by atoms with E-state index < -0.39 is 0 Å². The van der Waals surface area contributed by atoms with Crippen LogP contribution in [-0.4, -0.2) is 26.9 Å². The predicted octanol–water partition coefficient (Wildman–Crippen LogP) is 3.84. The molecule has 1 aromatic carbocycles. The van der Waals surface area contributed by atoms with E-state index in [-0.39, 0.29) is 0 Å². The van der Waals surface area contributed by atoms with E-state index in [0.29, 0.717) is 12.0 Å². The minimum absolute atomic E-state index is 0.448. The average molecular weight is 278 g/mol. The van der Waals surface area contributed by atoms with Crippen molar-refractivity contribution in [3.05, 3.63) is 23.8 Å². The number of rotatable bonds is 6. The highest BCUT2D eigenvalue weighted by Crippen LogP contribution is 2.29. The molecule has 0 spiro atoms. The quantitative estimate of drug-likeness (QED) is 0.791. The maximum atomic E-state index is 6.06.